The van der Waals surface area contributed by atoms with Crippen LogP contribution in [-0.2, 0) is 0 Å². The minimum absolute atomic E-state index is 0.179. The van der Waals surface area contributed by atoms with Gasteiger partial charge in [0.15, 0.2) is 0 Å². The standard InChI is InChI=1S/C20H27N5O/c1-16(24(2)18-8-4-3-5-9-18)14-22-20(26)23-17-10-11-19(21-15-17)25-12-6-7-13-25/h3-5,8-11,15-16H,6-7,12-14H2,1-2H3,(H2,22,23,26)/t16-/m0/s1. The molecule has 6 nitrogen and oxygen atoms in total. The van der Waals surface area contributed by atoms with Crippen molar-refractivity contribution < 1.29 is 4.79 Å². The average molecular weight is 353 g/mol. The summed E-state index contributed by atoms with van der Waals surface area (Å²) in [5.41, 5.74) is 1.83. The number of nitrogens with one attached hydrogen (secondary N) is 2. The average Bonchev–Trinajstić information content (AvgIpc) is 3.21. The Kier molecular flexibility index (Phi) is 5.94. The van der Waals surface area contributed by atoms with E-state index in [2.05, 4.69) is 44.5 Å². The van der Waals surface area contributed by atoms with Gasteiger partial charge in [0.25, 0.3) is 0 Å². The van der Waals surface area contributed by atoms with Crippen LogP contribution in [0.4, 0.5) is 22.0 Å². The highest BCUT2D eigenvalue weighted by Gasteiger charge is 2.14. The maximum absolute atomic E-state index is 12.1. The molecule has 1 atom stereocenters. The third-order valence-corrected chi connectivity index (χ3v) is 4.82. The lowest BCUT2D eigenvalue weighted by molar-refractivity contribution is 0.251. The molecule has 0 unspecified atom stereocenters. The number of hydrogen-bond acceptors (Lipinski definition) is 4. The Morgan fingerprint density at radius 3 is 2.58 bits per heavy atom. The minimum Gasteiger partial charge on any atom is -0.370 e. The van der Waals surface area contributed by atoms with E-state index in [9.17, 15) is 4.79 Å². The summed E-state index contributed by atoms with van der Waals surface area (Å²) in [7, 11) is 2.03. The van der Waals surface area contributed by atoms with Gasteiger partial charge in [-0.05, 0) is 44.0 Å². The van der Waals surface area contributed by atoms with E-state index in [1.54, 1.807) is 6.20 Å². The van der Waals surface area contributed by atoms with Crippen molar-refractivity contribution in [2.24, 2.45) is 0 Å². The molecule has 0 radical (unpaired) electrons. The number of rotatable bonds is 6. The van der Waals surface area contributed by atoms with Crippen LogP contribution in [0.5, 0.6) is 0 Å². The molecule has 3 rings (SSSR count). The van der Waals surface area contributed by atoms with Gasteiger partial charge < -0.3 is 20.4 Å². The molecule has 138 valence electrons. The SMILES string of the molecule is C[C@@H](CNC(=O)Nc1ccc(N2CCCC2)nc1)N(C)c1ccccc1. The predicted molar refractivity (Wildman–Crippen MR) is 107 cm³/mol. The molecule has 0 aliphatic carbocycles. The quantitative estimate of drug-likeness (QED) is 0.836. The van der Waals surface area contributed by atoms with Gasteiger partial charge in [-0.15, -0.1) is 0 Å². The lowest BCUT2D eigenvalue weighted by Gasteiger charge is -2.27. The predicted octanol–water partition coefficient (Wildman–Crippen LogP) is 3.33. The Morgan fingerprint density at radius 2 is 1.92 bits per heavy atom. The van der Waals surface area contributed by atoms with E-state index < -0.39 is 0 Å². The highest BCUT2D eigenvalue weighted by Crippen LogP contribution is 2.19. The number of benzene rings is 1. The molecule has 1 fully saturated rings. The van der Waals surface area contributed by atoms with Gasteiger partial charge in [-0.1, -0.05) is 18.2 Å². The van der Waals surface area contributed by atoms with Crippen LogP contribution in [-0.4, -0.2) is 43.7 Å². The first-order valence-corrected chi connectivity index (χ1v) is 9.17. The van der Waals surface area contributed by atoms with Gasteiger partial charge in [0.1, 0.15) is 5.82 Å². The number of amides is 2. The Bertz CT molecular complexity index is 698. The zero-order valence-corrected chi connectivity index (χ0v) is 15.5. The summed E-state index contributed by atoms with van der Waals surface area (Å²) in [6.07, 6.45) is 4.16. The molecule has 1 aliphatic heterocycles. The van der Waals surface area contributed by atoms with E-state index >= 15 is 0 Å². The number of aromatic nitrogens is 1. The Labute approximate surface area is 155 Å². The second-order valence-electron chi connectivity index (χ2n) is 6.73. The maximum Gasteiger partial charge on any atom is 0.319 e. The van der Waals surface area contributed by atoms with Crippen LogP contribution < -0.4 is 20.4 Å². The van der Waals surface area contributed by atoms with Crippen LogP contribution in [0.25, 0.3) is 0 Å². The third kappa shape index (κ3) is 4.65. The summed E-state index contributed by atoms with van der Waals surface area (Å²) in [5.74, 6) is 0.978. The molecule has 2 amide bonds. The van der Waals surface area contributed by atoms with Crippen molar-refractivity contribution in [3.63, 3.8) is 0 Å². The molecule has 1 aliphatic rings. The first-order valence-electron chi connectivity index (χ1n) is 9.17. The van der Waals surface area contributed by atoms with Crippen molar-refractivity contribution in [2.75, 3.05) is 41.8 Å². The van der Waals surface area contributed by atoms with Crippen molar-refractivity contribution in [1.29, 1.82) is 0 Å². The lowest BCUT2D eigenvalue weighted by Crippen LogP contribution is -2.41. The number of urea groups is 1. The summed E-state index contributed by atoms with van der Waals surface area (Å²) >= 11 is 0. The number of nitrogens with zero attached hydrogens (tertiary/aromatic N) is 3. The van der Waals surface area contributed by atoms with E-state index in [0.29, 0.717) is 12.2 Å². The van der Waals surface area contributed by atoms with E-state index in [1.165, 1.54) is 12.8 Å². The topological polar surface area (TPSA) is 60.5 Å². The van der Waals surface area contributed by atoms with Gasteiger partial charge in [-0.25, -0.2) is 9.78 Å². The molecular weight excluding hydrogens is 326 g/mol. The van der Waals surface area contributed by atoms with Crippen molar-refractivity contribution in [2.45, 2.75) is 25.8 Å². The number of hydrogen-bond donors (Lipinski definition) is 2. The molecule has 0 bridgehead atoms. The van der Waals surface area contributed by atoms with Crippen LogP contribution >= 0.6 is 0 Å². The van der Waals surface area contributed by atoms with Crippen molar-refractivity contribution in [3.8, 4) is 0 Å². The number of para-hydroxylation sites is 1. The summed E-state index contributed by atoms with van der Waals surface area (Å²) in [6, 6.07) is 14.0. The van der Waals surface area contributed by atoms with Gasteiger partial charge in [-0.3, -0.25) is 0 Å². The van der Waals surface area contributed by atoms with Crippen molar-refractivity contribution >= 4 is 23.2 Å². The highest BCUT2D eigenvalue weighted by atomic mass is 16.2. The molecule has 2 N–H and O–H groups in total. The van der Waals surface area contributed by atoms with Crippen LogP contribution in [0.15, 0.2) is 48.7 Å². The minimum atomic E-state index is -0.214. The van der Waals surface area contributed by atoms with E-state index in [1.807, 2.05) is 37.4 Å². The van der Waals surface area contributed by atoms with E-state index in [0.717, 1.165) is 24.6 Å². The Morgan fingerprint density at radius 1 is 1.19 bits per heavy atom. The monoisotopic (exact) mass is 353 g/mol. The van der Waals surface area contributed by atoms with Gasteiger partial charge in [0.2, 0.25) is 0 Å². The molecule has 1 aromatic carbocycles. The number of pyridine rings is 1. The maximum atomic E-state index is 12.1. The molecule has 6 heteroatoms. The molecule has 2 aromatic rings. The van der Waals surface area contributed by atoms with E-state index in [-0.39, 0.29) is 12.1 Å². The molecule has 26 heavy (non-hydrogen) atoms. The van der Waals surface area contributed by atoms with E-state index in [4.69, 9.17) is 0 Å². The molecule has 2 heterocycles. The van der Waals surface area contributed by atoms with Gasteiger partial charge >= 0.3 is 6.03 Å². The molecule has 1 saturated heterocycles. The first kappa shape index (κ1) is 18.0. The van der Waals surface area contributed by atoms with Gasteiger partial charge in [0.05, 0.1) is 11.9 Å². The normalized spacial score (nSPS) is 14.8. The fourth-order valence-corrected chi connectivity index (χ4v) is 3.06. The number of carbonyl (C=O) groups excluding carboxylic acids is 1. The van der Waals surface area contributed by atoms with Crippen LogP contribution in [0.1, 0.15) is 19.8 Å². The van der Waals surface area contributed by atoms with Crippen LogP contribution in [0.3, 0.4) is 0 Å². The zero-order chi connectivity index (χ0) is 18.4. The molecule has 1 aromatic heterocycles. The van der Waals surface area contributed by atoms with Gasteiger partial charge in [0, 0.05) is 38.4 Å². The van der Waals surface area contributed by atoms with Gasteiger partial charge in [-0.2, -0.15) is 0 Å². The fourth-order valence-electron chi connectivity index (χ4n) is 3.06. The zero-order valence-electron chi connectivity index (χ0n) is 15.5. The summed E-state index contributed by atoms with van der Waals surface area (Å²) < 4.78 is 0. The van der Waals surface area contributed by atoms with Crippen LogP contribution in [0, 0.1) is 0 Å². The highest BCUT2D eigenvalue weighted by molar-refractivity contribution is 5.89. The third-order valence-electron chi connectivity index (χ3n) is 4.82. The van der Waals surface area contributed by atoms with Crippen molar-refractivity contribution in [3.05, 3.63) is 48.7 Å². The molecule has 0 saturated carbocycles. The number of anilines is 3. The summed E-state index contributed by atoms with van der Waals surface area (Å²) in [6.45, 7) is 4.76. The molecular formula is C20H27N5O. The first-order chi connectivity index (χ1) is 12.6. The fraction of sp³-hybridized carbons (Fsp3) is 0.400. The summed E-state index contributed by atoms with van der Waals surface area (Å²) in [5, 5.41) is 5.77. The second kappa shape index (κ2) is 8.56. The lowest BCUT2D eigenvalue weighted by atomic mass is 10.2. The smallest absolute Gasteiger partial charge is 0.319 e. The second-order valence-corrected chi connectivity index (χ2v) is 6.73. The van der Waals surface area contributed by atoms with Crippen LogP contribution in [0.2, 0.25) is 0 Å². The number of carbonyl (C=O) groups is 1. The van der Waals surface area contributed by atoms with Crippen molar-refractivity contribution in [1.82, 2.24) is 10.3 Å². The Balaban J connectivity index is 1.46. The number of likely N-dealkylation sites (N-methyl/N-ethyl adjacent to an activating group) is 1. The Hall–Kier alpha value is -2.76. The summed E-state index contributed by atoms with van der Waals surface area (Å²) in [4.78, 5) is 21.0. The molecule has 0 spiro atoms. The largest absolute Gasteiger partial charge is 0.370 e.